The smallest absolute Gasteiger partial charge is 0.267 e. The van der Waals surface area contributed by atoms with E-state index < -0.39 is 23.5 Å². The van der Waals surface area contributed by atoms with Crippen molar-refractivity contribution in [1.82, 2.24) is 0 Å². The first kappa shape index (κ1) is 22.1. The molecule has 0 spiro atoms. The minimum absolute atomic E-state index is 0.318. The monoisotopic (exact) mass is 476 g/mol. The van der Waals surface area contributed by atoms with Gasteiger partial charge in [-0.05, 0) is 47.5 Å². The molecule has 0 saturated carbocycles. The van der Waals surface area contributed by atoms with E-state index >= 15 is 0 Å². The number of methoxy groups -OCH3 is 1. The Morgan fingerprint density at radius 1 is 0.722 bits per heavy atom. The SMILES string of the molecule is COc1ccc(N2C(=O)C3ON(c4ccccc4)C(c4ccccc4)C3(c3ccccc3)C2=O)cc1. The minimum atomic E-state index is -1.30. The first-order chi connectivity index (χ1) is 17.7. The number of nitrogens with zero attached hydrogens (tertiary/aromatic N) is 2. The molecular weight excluding hydrogens is 452 g/mol. The van der Waals surface area contributed by atoms with E-state index in [1.165, 1.54) is 4.90 Å². The van der Waals surface area contributed by atoms with Crippen molar-refractivity contribution in [2.75, 3.05) is 17.1 Å². The lowest BCUT2D eigenvalue weighted by molar-refractivity contribution is -0.126. The Hall–Kier alpha value is -4.42. The Balaban J connectivity index is 1.59. The Bertz CT molecular complexity index is 1390. The number of para-hydroxylation sites is 1. The normalized spacial score (nSPS) is 23.1. The lowest BCUT2D eigenvalue weighted by Crippen LogP contribution is -2.46. The Labute approximate surface area is 209 Å². The van der Waals surface area contributed by atoms with Gasteiger partial charge in [0, 0.05) is 0 Å². The van der Waals surface area contributed by atoms with Gasteiger partial charge in [0.1, 0.15) is 17.2 Å². The lowest BCUT2D eigenvalue weighted by atomic mass is 9.69. The van der Waals surface area contributed by atoms with Crippen LogP contribution in [-0.4, -0.2) is 25.0 Å². The molecule has 2 saturated heterocycles. The van der Waals surface area contributed by atoms with Crippen molar-refractivity contribution in [3.63, 3.8) is 0 Å². The number of fused-ring (bicyclic) bond motifs is 1. The summed E-state index contributed by atoms with van der Waals surface area (Å²) in [6, 6.07) is 35.2. The zero-order chi connectivity index (χ0) is 24.7. The molecule has 0 bridgehead atoms. The standard InChI is InChI=1S/C30H24N2O4/c1-35-25-19-17-23(18-20-25)31-28(33)27-30(29(31)34,22-13-7-3-8-14-22)26(21-11-5-2-6-12-21)32(36-27)24-15-9-4-10-16-24/h2-20,26-27H,1H3. The van der Waals surface area contributed by atoms with Gasteiger partial charge in [0.2, 0.25) is 5.91 Å². The van der Waals surface area contributed by atoms with Crippen LogP contribution in [0.15, 0.2) is 115 Å². The van der Waals surface area contributed by atoms with E-state index in [0.29, 0.717) is 11.4 Å². The third-order valence-electron chi connectivity index (χ3n) is 7.01. The van der Waals surface area contributed by atoms with Crippen LogP contribution < -0.4 is 14.7 Å². The highest BCUT2D eigenvalue weighted by molar-refractivity contribution is 6.28. The number of hydrogen-bond donors (Lipinski definition) is 0. The fourth-order valence-corrected chi connectivity index (χ4v) is 5.40. The Morgan fingerprint density at radius 3 is 1.92 bits per heavy atom. The second kappa shape index (κ2) is 8.66. The maximum Gasteiger partial charge on any atom is 0.267 e. The van der Waals surface area contributed by atoms with Gasteiger partial charge in [-0.3, -0.25) is 14.4 Å². The van der Waals surface area contributed by atoms with Gasteiger partial charge < -0.3 is 4.74 Å². The number of benzene rings is 4. The molecule has 178 valence electrons. The second-order valence-electron chi connectivity index (χ2n) is 8.87. The third kappa shape index (κ3) is 3.15. The summed E-state index contributed by atoms with van der Waals surface area (Å²) in [4.78, 5) is 36.3. The first-order valence-electron chi connectivity index (χ1n) is 11.8. The average molecular weight is 477 g/mol. The van der Waals surface area contributed by atoms with Gasteiger partial charge in [0.05, 0.1) is 18.5 Å². The number of anilines is 2. The molecule has 6 heteroatoms. The summed E-state index contributed by atoms with van der Waals surface area (Å²) in [5.74, 6) is -0.0704. The van der Waals surface area contributed by atoms with Crippen LogP contribution in [0.4, 0.5) is 11.4 Å². The summed E-state index contributed by atoms with van der Waals surface area (Å²) >= 11 is 0. The molecule has 2 fully saturated rings. The Kier molecular flexibility index (Phi) is 5.31. The zero-order valence-electron chi connectivity index (χ0n) is 19.7. The number of hydrogen-bond acceptors (Lipinski definition) is 5. The van der Waals surface area contributed by atoms with Gasteiger partial charge in [-0.2, -0.15) is 0 Å². The average Bonchev–Trinajstić information content (AvgIpc) is 3.41. The molecule has 2 amide bonds. The molecular formula is C30H24N2O4. The summed E-state index contributed by atoms with van der Waals surface area (Å²) in [5.41, 5.74) is 1.57. The molecule has 0 N–H and O–H groups in total. The van der Waals surface area contributed by atoms with E-state index in [4.69, 9.17) is 9.57 Å². The van der Waals surface area contributed by atoms with Crippen molar-refractivity contribution >= 4 is 23.2 Å². The molecule has 6 rings (SSSR count). The summed E-state index contributed by atoms with van der Waals surface area (Å²) in [6.45, 7) is 0. The summed E-state index contributed by atoms with van der Waals surface area (Å²) in [7, 11) is 1.58. The van der Waals surface area contributed by atoms with Gasteiger partial charge in [-0.25, -0.2) is 9.96 Å². The van der Waals surface area contributed by atoms with Crippen LogP contribution in [0, 0.1) is 0 Å². The van der Waals surface area contributed by atoms with E-state index in [-0.39, 0.29) is 5.91 Å². The molecule has 2 aliphatic rings. The number of imide groups is 1. The van der Waals surface area contributed by atoms with Crippen LogP contribution in [0.1, 0.15) is 17.2 Å². The van der Waals surface area contributed by atoms with Crippen LogP contribution in [0.5, 0.6) is 5.75 Å². The second-order valence-corrected chi connectivity index (χ2v) is 8.87. The highest BCUT2D eigenvalue weighted by Gasteiger charge is 2.72. The van der Waals surface area contributed by atoms with Crippen LogP contribution in [0.2, 0.25) is 0 Å². The summed E-state index contributed by atoms with van der Waals surface area (Å²) < 4.78 is 5.27. The number of carbonyl (C=O) groups excluding carboxylic acids is 2. The number of carbonyl (C=O) groups is 2. The maximum absolute atomic E-state index is 14.6. The van der Waals surface area contributed by atoms with Crippen molar-refractivity contribution in [1.29, 1.82) is 0 Å². The topological polar surface area (TPSA) is 59.1 Å². The molecule has 3 unspecified atom stereocenters. The molecule has 3 atom stereocenters. The van der Waals surface area contributed by atoms with Crippen LogP contribution >= 0.6 is 0 Å². The Morgan fingerprint density at radius 2 is 1.31 bits per heavy atom. The van der Waals surface area contributed by atoms with E-state index in [1.54, 1.807) is 36.4 Å². The van der Waals surface area contributed by atoms with Gasteiger partial charge in [-0.15, -0.1) is 0 Å². The van der Waals surface area contributed by atoms with Crippen molar-refractivity contribution in [3.8, 4) is 5.75 Å². The molecule has 36 heavy (non-hydrogen) atoms. The fourth-order valence-electron chi connectivity index (χ4n) is 5.40. The molecule has 0 radical (unpaired) electrons. The number of ether oxygens (including phenoxy) is 1. The molecule has 0 aliphatic carbocycles. The lowest BCUT2D eigenvalue weighted by Gasteiger charge is -2.35. The van der Waals surface area contributed by atoms with E-state index in [2.05, 4.69) is 0 Å². The molecule has 2 heterocycles. The summed E-state index contributed by atoms with van der Waals surface area (Å²) in [6.07, 6.45) is -1.04. The maximum atomic E-state index is 14.6. The van der Waals surface area contributed by atoms with Gasteiger partial charge >= 0.3 is 0 Å². The molecule has 4 aromatic carbocycles. The van der Waals surface area contributed by atoms with E-state index in [0.717, 1.165) is 16.8 Å². The van der Waals surface area contributed by atoms with Crippen molar-refractivity contribution in [2.24, 2.45) is 0 Å². The van der Waals surface area contributed by atoms with Crippen molar-refractivity contribution < 1.29 is 19.2 Å². The molecule has 6 nitrogen and oxygen atoms in total. The molecule has 4 aromatic rings. The predicted molar refractivity (Wildman–Crippen MR) is 137 cm³/mol. The summed E-state index contributed by atoms with van der Waals surface area (Å²) in [5, 5.41) is 1.73. The first-order valence-corrected chi connectivity index (χ1v) is 11.8. The fraction of sp³-hybridized carbons (Fsp3) is 0.133. The van der Waals surface area contributed by atoms with Gasteiger partial charge in [-0.1, -0.05) is 78.9 Å². The largest absolute Gasteiger partial charge is 0.497 e. The molecule has 0 aromatic heterocycles. The number of amides is 2. The highest BCUT2D eigenvalue weighted by Crippen LogP contribution is 2.57. The zero-order valence-corrected chi connectivity index (χ0v) is 19.7. The van der Waals surface area contributed by atoms with Crippen molar-refractivity contribution in [3.05, 3.63) is 126 Å². The van der Waals surface area contributed by atoms with E-state index in [9.17, 15) is 9.59 Å². The predicted octanol–water partition coefficient (Wildman–Crippen LogP) is 5.07. The van der Waals surface area contributed by atoms with Crippen LogP contribution in [0.25, 0.3) is 0 Å². The van der Waals surface area contributed by atoms with Gasteiger partial charge in [0.25, 0.3) is 5.91 Å². The quantitative estimate of drug-likeness (QED) is 0.377. The van der Waals surface area contributed by atoms with Crippen LogP contribution in [-0.2, 0) is 19.8 Å². The third-order valence-corrected chi connectivity index (χ3v) is 7.01. The highest BCUT2D eigenvalue weighted by atomic mass is 16.7. The minimum Gasteiger partial charge on any atom is -0.497 e. The van der Waals surface area contributed by atoms with Crippen LogP contribution in [0.3, 0.4) is 0 Å². The van der Waals surface area contributed by atoms with E-state index in [1.807, 2.05) is 91.0 Å². The van der Waals surface area contributed by atoms with Gasteiger partial charge in [0.15, 0.2) is 6.10 Å². The molecule has 2 aliphatic heterocycles. The number of hydroxylamine groups is 1. The number of rotatable bonds is 5. The van der Waals surface area contributed by atoms with Crippen molar-refractivity contribution in [2.45, 2.75) is 17.6 Å².